The molecule has 0 amide bonds. The Kier molecular flexibility index (Phi) is 4.06. The standard InChI is InChI=1S/C12H14O3/c1-3-15-12(14)9(2)11(13)10-7-5-4-6-8-10/h4-8,11,13H,2-3H2,1H3. The minimum absolute atomic E-state index is 0.0584. The molecule has 3 nitrogen and oxygen atoms in total. The monoisotopic (exact) mass is 206 g/mol. The molecule has 0 saturated carbocycles. The summed E-state index contributed by atoms with van der Waals surface area (Å²) in [5, 5.41) is 9.79. The van der Waals surface area contributed by atoms with E-state index in [2.05, 4.69) is 6.58 Å². The number of esters is 1. The van der Waals surface area contributed by atoms with Crippen LogP contribution >= 0.6 is 0 Å². The fourth-order valence-electron chi connectivity index (χ4n) is 1.17. The second kappa shape index (κ2) is 5.32. The summed E-state index contributed by atoms with van der Waals surface area (Å²) in [5.74, 6) is -0.561. The quantitative estimate of drug-likeness (QED) is 0.604. The van der Waals surface area contributed by atoms with Crippen LogP contribution in [0, 0.1) is 0 Å². The molecule has 0 aliphatic rings. The summed E-state index contributed by atoms with van der Waals surface area (Å²) in [7, 11) is 0. The van der Waals surface area contributed by atoms with Crippen LogP contribution in [0.5, 0.6) is 0 Å². The van der Waals surface area contributed by atoms with Crippen LogP contribution in [0.3, 0.4) is 0 Å². The Morgan fingerprint density at radius 1 is 1.47 bits per heavy atom. The highest BCUT2D eigenvalue weighted by atomic mass is 16.5. The first-order valence-electron chi connectivity index (χ1n) is 4.75. The third kappa shape index (κ3) is 2.92. The van der Waals surface area contributed by atoms with E-state index in [-0.39, 0.29) is 12.2 Å². The maximum absolute atomic E-state index is 11.3. The van der Waals surface area contributed by atoms with Crippen LogP contribution in [0.15, 0.2) is 42.5 Å². The molecule has 15 heavy (non-hydrogen) atoms. The van der Waals surface area contributed by atoms with Gasteiger partial charge in [0.1, 0.15) is 6.10 Å². The largest absolute Gasteiger partial charge is 0.463 e. The lowest BCUT2D eigenvalue weighted by Gasteiger charge is -2.12. The van der Waals surface area contributed by atoms with Crippen molar-refractivity contribution < 1.29 is 14.6 Å². The fraction of sp³-hybridized carbons (Fsp3) is 0.250. The normalized spacial score (nSPS) is 11.9. The second-order valence-electron chi connectivity index (χ2n) is 3.06. The van der Waals surface area contributed by atoms with Gasteiger partial charge in [0.2, 0.25) is 0 Å². The molecule has 1 aromatic carbocycles. The van der Waals surface area contributed by atoms with Gasteiger partial charge in [0.05, 0.1) is 12.2 Å². The molecule has 0 aliphatic carbocycles. The van der Waals surface area contributed by atoms with Crippen molar-refractivity contribution in [3.8, 4) is 0 Å². The minimum atomic E-state index is -0.995. The molecule has 0 spiro atoms. The van der Waals surface area contributed by atoms with E-state index in [1.165, 1.54) is 0 Å². The van der Waals surface area contributed by atoms with Gasteiger partial charge in [-0.1, -0.05) is 36.9 Å². The summed E-state index contributed by atoms with van der Waals surface area (Å²) in [6.07, 6.45) is -0.995. The van der Waals surface area contributed by atoms with E-state index in [9.17, 15) is 9.90 Å². The molecule has 0 bridgehead atoms. The minimum Gasteiger partial charge on any atom is -0.463 e. The van der Waals surface area contributed by atoms with E-state index in [4.69, 9.17) is 4.74 Å². The molecule has 1 unspecified atom stereocenters. The number of benzene rings is 1. The lowest BCUT2D eigenvalue weighted by Crippen LogP contribution is -2.13. The second-order valence-corrected chi connectivity index (χ2v) is 3.06. The Labute approximate surface area is 89.0 Å². The summed E-state index contributed by atoms with van der Waals surface area (Å²) in [5.41, 5.74) is 0.693. The van der Waals surface area contributed by atoms with Crippen molar-refractivity contribution in [1.82, 2.24) is 0 Å². The SMILES string of the molecule is C=C(C(=O)OCC)C(O)c1ccccc1. The van der Waals surface area contributed by atoms with Gasteiger partial charge in [-0.2, -0.15) is 0 Å². The van der Waals surface area contributed by atoms with Crippen molar-refractivity contribution in [2.45, 2.75) is 13.0 Å². The van der Waals surface area contributed by atoms with E-state index in [0.29, 0.717) is 5.56 Å². The number of aliphatic hydroxyl groups is 1. The van der Waals surface area contributed by atoms with E-state index >= 15 is 0 Å². The zero-order valence-electron chi connectivity index (χ0n) is 8.64. The first-order valence-corrected chi connectivity index (χ1v) is 4.75. The molecule has 1 N–H and O–H groups in total. The smallest absolute Gasteiger partial charge is 0.336 e. The first-order chi connectivity index (χ1) is 7.16. The highest BCUT2D eigenvalue weighted by molar-refractivity contribution is 5.89. The van der Waals surface area contributed by atoms with Gasteiger partial charge in [-0.05, 0) is 12.5 Å². The highest BCUT2D eigenvalue weighted by Crippen LogP contribution is 2.20. The van der Waals surface area contributed by atoms with Crippen molar-refractivity contribution in [2.75, 3.05) is 6.61 Å². The molecule has 0 aliphatic heterocycles. The van der Waals surface area contributed by atoms with E-state index in [1.807, 2.05) is 6.07 Å². The van der Waals surface area contributed by atoms with Crippen molar-refractivity contribution in [2.24, 2.45) is 0 Å². The molecule has 1 rings (SSSR count). The maximum Gasteiger partial charge on any atom is 0.336 e. The van der Waals surface area contributed by atoms with Gasteiger partial charge in [0.25, 0.3) is 0 Å². The van der Waals surface area contributed by atoms with Crippen LogP contribution in [0.25, 0.3) is 0 Å². The number of rotatable bonds is 4. The third-order valence-corrected chi connectivity index (χ3v) is 1.98. The number of carbonyl (C=O) groups excluding carboxylic acids is 1. The van der Waals surface area contributed by atoms with Crippen molar-refractivity contribution in [3.05, 3.63) is 48.0 Å². The van der Waals surface area contributed by atoms with Gasteiger partial charge in [-0.15, -0.1) is 0 Å². The van der Waals surface area contributed by atoms with Crippen LogP contribution in [0.4, 0.5) is 0 Å². The van der Waals surface area contributed by atoms with Crippen LogP contribution in [-0.2, 0) is 9.53 Å². The molecule has 3 heteroatoms. The third-order valence-electron chi connectivity index (χ3n) is 1.98. The van der Waals surface area contributed by atoms with Crippen LogP contribution in [-0.4, -0.2) is 17.7 Å². The summed E-state index contributed by atoms with van der Waals surface area (Å²) in [6, 6.07) is 8.88. The molecule has 1 aromatic rings. The Bertz CT molecular complexity index is 343. The number of carbonyl (C=O) groups is 1. The van der Waals surface area contributed by atoms with Gasteiger partial charge in [0.15, 0.2) is 0 Å². The lowest BCUT2D eigenvalue weighted by atomic mass is 10.0. The predicted octanol–water partition coefficient (Wildman–Crippen LogP) is 1.84. The zero-order chi connectivity index (χ0) is 11.3. The van der Waals surface area contributed by atoms with Crippen LogP contribution < -0.4 is 0 Å². The van der Waals surface area contributed by atoms with Gasteiger partial charge >= 0.3 is 5.97 Å². The average Bonchev–Trinajstić information content (AvgIpc) is 2.28. The number of aliphatic hydroxyl groups excluding tert-OH is 1. The number of hydrogen-bond donors (Lipinski definition) is 1. The maximum atomic E-state index is 11.3. The highest BCUT2D eigenvalue weighted by Gasteiger charge is 2.18. The molecular formula is C12H14O3. The Balaban J connectivity index is 2.73. The summed E-state index contributed by atoms with van der Waals surface area (Å²) in [4.78, 5) is 11.3. The lowest BCUT2D eigenvalue weighted by molar-refractivity contribution is -0.139. The molecule has 0 aromatic heterocycles. The van der Waals surface area contributed by atoms with Gasteiger partial charge in [-0.25, -0.2) is 4.79 Å². The van der Waals surface area contributed by atoms with Crippen LogP contribution in [0.2, 0.25) is 0 Å². The summed E-state index contributed by atoms with van der Waals surface area (Å²) < 4.78 is 4.75. The predicted molar refractivity (Wildman–Crippen MR) is 57.2 cm³/mol. The Morgan fingerprint density at radius 2 is 2.07 bits per heavy atom. The first kappa shape index (κ1) is 11.5. The zero-order valence-corrected chi connectivity index (χ0v) is 8.64. The van der Waals surface area contributed by atoms with Gasteiger partial charge in [0, 0.05) is 0 Å². The molecule has 0 saturated heterocycles. The molecule has 0 fully saturated rings. The van der Waals surface area contributed by atoms with Crippen molar-refractivity contribution >= 4 is 5.97 Å². The van der Waals surface area contributed by atoms with Gasteiger partial charge < -0.3 is 9.84 Å². The molecule has 80 valence electrons. The van der Waals surface area contributed by atoms with E-state index < -0.39 is 12.1 Å². The van der Waals surface area contributed by atoms with Crippen molar-refractivity contribution in [1.29, 1.82) is 0 Å². The molecule has 0 radical (unpaired) electrons. The molecular weight excluding hydrogens is 192 g/mol. The Morgan fingerprint density at radius 3 is 2.60 bits per heavy atom. The Hall–Kier alpha value is -1.61. The molecule has 0 heterocycles. The van der Waals surface area contributed by atoms with Crippen molar-refractivity contribution in [3.63, 3.8) is 0 Å². The number of hydrogen-bond acceptors (Lipinski definition) is 3. The summed E-state index contributed by atoms with van der Waals surface area (Å²) in [6.45, 7) is 5.51. The summed E-state index contributed by atoms with van der Waals surface area (Å²) >= 11 is 0. The topological polar surface area (TPSA) is 46.5 Å². The van der Waals surface area contributed by atoms with Gasteiger partial charge in [-0.3, -0.25) is 0 Å². The van der Waals surface area contributed by atoms with Crippen LogP contribution in [0.1, 0.15) is 18.6 Å². The fourth-order valence-corrected chi connectivity index (χ4v) is 1.17. The van der Waals surface area contributed by atoms with E-state index in [1.54, 1.807) is 31.2 Å². The number of ether oxygens (including phenoxy) is 1. The molecule has 1 atom stereocenters. The average molecular weight is 206 g/mol. The van der Waals surface area contributed by atoms with E-state index in [0.717, 1.165) is 0 Å².